The summed E-state index contributed by atoms with van der Waals surface area (Å²) in [6, 6.07) is 5.91. The van der Waals surface area contributed by atoms with E-state index in [2.05, 4.69) is 17.1 Å². The zero-order chi connectivity index (χ0) is 13.8. The van der Waals surface area contributed by atoms with Crippen LogP contribution in [0.3, 0.4) is 0 Å². The van der Waals surface area contributed by atoms with Gasteiger partial charge in [-0.05, 0) is 30.7 Å². The normalized spacial score (nSPS) is 18.8. The summed E-state index contributed by atoms with van der Waals surface area (Å²) in [7, 11) is 0. The van der Waals surface area contributed by atoms with Crippen LogP contribution in [-0.4, -0.2) is 25.5 Å². The van der Waals surface area contributed by atoms with E-state index in [9.17, 15) is 4.79 Å². The van der Waals surface area contributed by atoms with Crippen LogP contribution in [0.1, 0.15) is 18.9 Å². The molecule has 1 aliphatic heterocycles. The molecule has 1 fully saturated rings. The molecule has 0 radical (unpaired) electrons. The Hall–Kier alpha value is -1.26. The molecule has 3 N–H and O–H groups in total. The Balaban J connectivity index is 2.18. The van der Waals surface area contributed by atoms with Gasteiger partial charge in [-0.2, -0.15) is 0 Å². The number of primary amides is 1. The molecule has 5 heteroatoms. The number of hydrogen-bond donors (Lipinski definition) is 2. The van der Waals surface area contributed by atoms with E-state index in [1.54, 1.807) is 0 Å². The number of nitrogens with one attached hydrogen (secondary N) is 1. The van der Waals surface area contributed by atoms with Gasteiger partial charge in [0, 0.05) is 30.3 Å². The number of carbonyl (C=O) groups is 1. The Morgan fingerprint density at radius 1 is 1.58 bits per heavy atom. The molecule has 0 spiro atoms. The van der Waals surface area contributed by atoms with Crippen LogP contribution in [0.25, 0.3) is 0 Å². The van der Waals surface area contributed by atoms with Crippen LogP contribution in [0.2, 0.25) is 5.02 Å². The van der Waals surface area contributed by atoms with Gasteiger partial charge in [-0.25, -0.2) is 0 Å². The van der Waals surface area contributed by atoms with E-state index in [0.29, 0.717) is 6.54 Å². The molecule has 1 saturated heterocycles. The molecule has 2 rings (SSSR count). The zero-order valence-corrected chi connectivity index (χ0v) is 11.9. The van der Waals surface area contributed by atoms with E-state index in [1.807, 2.05) is 18.2 Å². The van der Waals surface area contributed by atoms with Crippen LogP contribution in [-0.2, 0) is 11.3 Å². The summed E-state index contributed by atoms with van der Waals surface area (Å²) in [6.07, 6.45) is 0.822. The lowest BCUT2D eigenvalue weighted by Gasteiger charge is -2.22. The molecule has 1 amide bonds. The molecule has 0 aromatic heterocycles. The van der Waals surface area contributed by atoms with Crippen LogP contribution < -0.4 is 16.0 Å². The first-order valence-corrected chi connectivity index (χ1v) is 7.03. The molecule has 1 aliphatic rings. The van der Waals surface area contributed by atoms with Crippen LogP contribution in [0.15, 0.2) is 18.2 Å². The monoisotopic (exact) mass is 281 g/mol. The highest BCUT2D eigenvalue weighted by Crippen LogP contribution is 2.29. The van der Waals surface area contributed by atoms with Crippen molar-refractivity contribution in [2.45, 2.75) is 19.9 Å². The van der Waals surface area contributed by atoms with Crippen molar-refractivity contribution in [2.24, 2.45) is 11.7 Å². The van der Waals surface area contributed by atoms with Gasteiger partial charge in [-0.1, -0.05) is 24.6 Å². The second kappa shape index (κ2) is 6.26. The van der Waals surface area contributed by atoms with Crippen molar-refractivity contribution in [3.63, 3.8) is 0 Å². The number of anilines is 1. The maximum atomic E-state index is 11.3. The summed E-state index contributed by atoms with van der Waals surface area (Å²) in [5.74, 6) is -0.260. The Bertz CT molecular complexity index is 464. The van der Waals surface area contributed by atoms with Crippen LogP contribution in [0, 0.1) is 5.92 Å². The SMILES string of the molecule is CCNCc1ccc(Cl)cc1N1CCC(C(N)=O)C1. The molecule has 1 atom stereocenters. The molecule has 4 nitrogen and oxygen atoms in total. The molecule has 0 bridgehead atoms. The number of amides is 1. The largest absolute Gasteiger partial charge is 0.370 e. The summed E-state index contributed by atoms with van der Waals surface area (Å²) in [4.78, 5) is 13.5. The number of hydrogen-bond acceptors (Lipinski definition) is 3. The summed E-state index contributed by atoms with van der Waals surface area (Å²) in [5, 5.41) is 4.04. The highest BCUT2D eigenvalue weighted by atomic mass is 35.5. The summed E-state index contributed by atoms with van der Waals surface area (Å²) in [5.41, 5.74) is 7.70. The van der Waals surface area contributed by atoms with Gasteiger partial charge in [0.1, 0.15) is 0 Å². The Morgan fingerprint density at radius 2 is 2.37 bits per heavy atom. The minimum Gasteiger partial charge on any atom is -0.370 e. The number of rotatable bonds is 5. The third kappa shape index (κ3) is 3.39. The quantitative estimate of drug-likeness (QED) is 0.865. The number of nitrogens with zero attached hydrogens (tertiary/aromatic N) is 1. The Kier molecular flexibility index (Phi) is 4.66. The first-order chi connectivity index (χ1) is 9.11. The average Bonchev–Trinajstić information content (AvgIpc) is 2.87. The average molecular weight is 282 g/mol. The van der Waals surface area contributed by atoms with Crippen molar-refractivity contribution in [3.8, 4) is 0 Å². The van der Waals surface area contributed by atoms with Crippen molar-refractivity contribution in [1.29, 1.82) is 0 Å². The van der Waals surface area contributed by atoms with Crippen molar-refractivity contribution in [2.75, 3.05) is 24.5 Å². The smallest absolute Gasteiger partial charge is 0.222 e. The van der Waals surface area contributed by atoms with E-state index < -0.39 is 0 Å². The van der Waals surface area contributed by atoms with Crippen molar-refractivity contribution in [1.82, 2.24) is 5.32 Å². The van der Waals surface area contributed by atoms with Crippen LogP contribution in [0.5, 0.6) is 0 Å². The predicted octanol–water partition coefficient (Wildman–Crippen LogP) is 1.76. The third-order valence-corrected chi connectivity index (χ3v) is 3.78. The van der Waals surface area contributed by atoms with Crippen LogP contribution in [0.4, 0.5) is 5.69 Å². The van der Waals surface area contributed by atoms with Gasteiger partial charge in [-0.3, -0.25) is 4.79 Å². The third-order valence-electron chi connectivity index (χ3n) is 3.54. The van der Waals surface area contributed by atoms with Gasteiger partial charge in [0.2, 0.25) is 5.91 Å². The van der Waals surface area contributed by atoms with E-state index >= 15 is 0 Å². The lowest BCUT2D eigenvalue weighted by Crippen LogP contribution is -2.28. The topological polar surface area (TPSA) is 58.4 Å². The predicted molar refractivity (Wildman–Crippen MR) is 78.3 cm³/mol. The fourth-order valence-electron chi connectivity index (χ4n) is 2.45. The number of carbonyl (C=O) groups excluding carboxylic acids is 1. The van der Waals surface area contributed by atoms with Gasteiger partial charge in [-0.15, -0.1) is 0 Å². The summed E-state index contributed by atoms with van der Waals surface area (Å²) in [6.45, 7) is 5.35. The molecule has 1 aromatic rings. The molecule has 104 valence electrons. The highest BCUT2D eigenvalue weighted by Gasteiger charge is 2.27. The molecule has 1 heterocycles. The molecule has 19 heavy (non-hydrogen) atoms. The summed E-state index contributed by atoms with van der Waals surface area (Å²) >= 11 is 6.09. The number of benzene rings is 1. The molecule has 1 unspecified atom stereocenters. The molecular weight excluding hydrogens is 262 g/mol. The van der Waals surface area contributed by atoms with Gasteiger partial charge in [0.05, 0.1) is 5.92 Å². The highest BCUT2D eigenvalue weighted by molar-refractivity contribution is 6.30. The fourth-order valence-corrected chi connectivity index (χ4v) is 2.62. The van der Waals surface area contributed by atoms with Gasteiger partial charge in [0.15, 0.2) is 0 Å². The van der Waals surface area contributed by atoms with E-state index in [4.69, 9.17) is 17.3 Å². The molecular formula is C14H20ClN3O. The number of halogens is 1. The second-order valence-corrected chi connectivity index (χ2v) is 5.32. The Morgan fingerprint density at radius 3 is 3.00 bits per heavy atom. The van der Waals surface area contributed by atoms with Crippen molar-refractivity contribution in [3.05, 3.63) is 28.8 Å². The first-order valence-electron chi connectivity index (χ1n) is 6.65. The van der Waals surface area contributed by atoms with Gasteiger partial charge >= 0.3 is 0 Å². The first kappa shape index (κ1) is 14.2. The fraction of sp³-hybridized carbons (Fsp3) is 0.500. The second-order valence-electron chi connectivity index (χ2n) is 4.89. The van der Waals surface area contributed by atoms with Crippen LogP contribution >= 0.6 is 11.6 Å². The Labute approximate surface area is 118 Å². The van der Waals surface area contributed by atoms with Gasteiger partial charge < -0.3 is 16.0 Å². The van der Waals surface area contributed by atoms with Crippen molar-refractivity contribution >= 4 is 23.2 Å². The molecule has 0 aliphatic carbocycles. The lowest BCUT2D eigenvalue weighted by molar-refractivity contribution is -0.121. The maximum absolute atomic E-state index is 11.3. The number of nitrogens with two attached hydrogens (primary N) is 1. The molecule has 0 saturated carbocycles. The lowest BCUT2D eigenvalue weighted by atomic mass is 10.1. The van der Waals surface area contributed by atoms with E-state index in [0.717, 1.165) is 36.8 Å². The van der Waals surface area contributed by atoms with Crippen molar-refractivity contribution < 1.29 is 4.79 Å². The maximum Gasteiger partial charge on any atom is 0.222 e. The standard InChI is InChI=1S/C14H20ClN3O/c1-2-17-8-10-3-4-12(15)7-13(10)18-6-5-11(9-18)14(16)19/h3-4,7,11,17H,2,5-6,8-9H2,1H3,(H2,16,19). The molecule has 1 aromatic carbocycles. The minimum atomic E-state index is -0.210. The zero-order valence-electron chi connectivity index (χ0n) is 11.2. The van der Waals surface area contributed by atoms with E-state index in [1.165, 1.54) is 5.56 Å². The van der Waals surface area contributed by atoms with E-state index in [-0.39, 0.29) is 11.8 Å². The van der Waals surface area contributed by atoms with Gasteiger partial charge in [0.25, 0.3) is 0 Å². The minimum absolute atomic E-state index is 0.0500. The summed E-state index contributed by atoms with van der Waals surface area (Å²) < 4.78 is 0.